The fourth-order valence-corrected chi connectivity index (χ4v) is 0.790. The molecule has 0 aromatic carbocycles. The number of hydrogen-bond acceptors (Lipinski definition) is 1. The number of aromatic nitrogens is 2. The van der Waals surface area contributed by atoms with Gasteiger partial charge >= 0.3 is 0 Å². The lowest BCUT2D eigenvalue weighted by atomic mass is 10.4. The van der Waals surface area contributed by atoms with E-state index in [9.17, 15) is 0 Å². The number of aryl methyl sites for hydroxylation is 1. The van der Waals surface area contributed by atoms with Gasteiger partial charge in [-0.05, 0) is 13.3 Å². The minimum Gasteiger partial charge on any atom is -0.335 e. The summed E-state index contributed by atoms with van der Waals surface area (Å²) in [7, 11) is 0. The number of rotatable bonds is 2. The second-order valence-electron chi connectivity index (χ2n) is 2.08. The minimum atomic E-state index is 0.997. The van der Waals surface area contributed by atoms with Gasteiger partial charge in [0.05, 0.1) is 6.33 Å². The fraction of sp³-hybridized carbons (Fsp3) is 0.429. The first-order chi connectivity index (χ1) is 4.34. The Morgan fingerprint density at radius 3 is 3.00 bits per heavy atom. The van der Waals surface area contributed by atoms with Gasteiger partial charge in [-0.3, -0.25) is 0 Å². The average molecular weight is 123 g/mol. The minimum absolute atomic E-state index is 0.997. The highest BCUT2D eigenvalue weighted by Crippen LogP contribution is 1.96. The van der Waals surface area contributed by atoms with Gasteiger partial charge in [-0.2, -0.15) is 0 Å². The Hall–Kier alpha value is -0.790. The Labute approximate surface area is 55.5 Å². The maximum absolute atomic E-state index is 3.94. The van der Waals surface area contributed by atoms with Crippen molar-refractivity contribution in [3.05, 3.63) is 25.1 Å². The highest BCUT2D eigenvalue weighted by Gasteiger charge is 1.91. The molecule has 1 aromatic rings. The van der Waals surface area contributed by atoms with E-state index in [1.54, 1.807) is 6.20 Å². The van der Waals surface area contributed by atoms with Gasteiger partial charge in [0.2, 0.25) is 0 Å². The van der Waals surface area contributed by atoms with Crippen LogP contribution in [0, 0.1) is 6.92 Å². The van der Waals surface area contributed by atoms with Gasteiger partial charge in [-0.15, -0.1) is 0 Å². The Kier molecular flexibility index (Phi) is 1.88. The van der Waals surface area contributed by atoms with Gasteiger partial charge in [0.15, 0.2) is 0 Å². The van der Waals surface area contributed by atoms with Crippen molar-refractivity contribution in [3.63, 3.8) is 0 Å². The molecule has 0 saturated carbocycles. The zero-order chi connectivity index (χ0) is 6.69. The Morgan fingerprint density at radius 1 is 1.78 bits per heavy atom. The highest BCUT2D eigenvalue weighted by molar-refractivity contribution is 5.01. The standard InChI is InChI=1S/C7H11N2/c1-3-4-9-6-8-5-7(9)2/h5-6H,2-4H2,1H3. The molecule has 0 atom stereocenters. The van der Waals surface area contributed by atoms with Crippen LogP contribution in [0.1, 0.15) is 19.0 Å². The molecule has 0 unspecified atom stereocenters. The molecule has 1 heterocycles. The molecule has 0 saturated heterocycles. The van der Waals surface area contributed by atoms with Crippen molar-refractivity contribution in [2.24, 2.45) is 0 Å². The molecule has 0 aliphatic heterocycles. The first-order valence-corrected chi connectivity index (χ1v) is 3.16. The van der Waals surface area contributed by atoms with Crippen LogP contribution in [0.4, 0.5) is 0 Å². The molecular formula is C7H11N2. The van der Waals surface area contributed by atoms with Crippen LogP contribution in [-0.4, -0.2) is 9.55 Å². The van der Waals surface area contributed by atoms with E-state index in [2.05, 4.69) is 18.8 Å². The lowest BCUT2D eigenvalue weighted by molar-refractivity contribution is 0.669. The molecule has 0 aliphatic carbocycles. The summed E-state index contributed by atoms with van der Waals surface area (Å²) in [6.45, 7) is 6.96. The summed E-state index contributed by atoms with van der Waals surface area (Å²) in [5, 5.41) is 0. The first-order valence-electron chi connectivity index (χ1n) is 3.16. The quantitative estimate of drug-likeness (QED) is 0.582. The summed E-state index contributed by atoms with van der Waals surface area (Å²) in [5.41, 5.74) is 0.997. The van der Waals surface area contributed by atoms with Crippen LogP contribution in [0.5, 0.6) is 0 Å². The largest absolute Gasteiger partial charge is 0.335 e. The second kappa shape index (κ2) is 2.67. The van der Waals surface area contributed by atoms with Gasteiger partial charge in [-0.25, -0.2) is 4.98 Å². The summed E-state index contributed by atoms with van der Waals surface area (Å²) >= 11 is 0. The smallest absolute Gasteiger partial charge is 0.0948 e. The monoisotopic (exact) mass is 123 g/mol. The van der Waals surface area contributed by atoms with Crippen LogP contribution in [0.2, 0.25) is 0 Å². The molecule has 0 aliphatic rings. The van der Waals surface area contributed by atoms with Crippen molar-refractivity contribution in [1.82, 2.24) is 9.55 Å². The fourth-order valence-electron chi connectivity index (χ4n) is 0.790. The molecule has 1 aromatic heterocycles. The van der Waals surface area contributed by atoms with Crippen molar-refractivity contribution >= 4 is 0 Å². The predicted molar refractivity (Wildman–Crippen MR) is 37.0 cm³/mol. The van der Waals surface area contributed by atoms with Crippen LogP contribution < -0.4 is 0 Å². The topological polar surface area (TPSA) is 17.8 Å². The Bertz CT molecular complexity index is 179. The van der Waals surface area contributed by atoms with Crippen LogP contribution in [0.25, 0.3) is 0 Å². The molecular weight excluding hydrogens is 112 g/mol. The van der Waals surface area contributed by atoms with Gasteiger partial charge in [0.25, 0.3) is 0 Å². The van der Waals surface area contributed by atoms with E-state index in [1.807, 2.05) is 10.9 Å². The van der Waals surface area contributed by atoms with E-state index in [0.717, 1.165) is 18.7 Å². The van der Waals surface area contributed by atoms with Gasteiger partial charge in [0.1, 0.15) is 0 Å². The van der Waals surface area contributed by atoms with Crippen LogP contribution in [-0.2, 0) is 6.54 Å². The van der Waals surface area contributed by atoms with Crippen molar-refractivity contribution in [2.75, 3.05) is 0 Å². The number of hydrogen-bond donors (Lipinski definition) is 0. The molecule has 0 N–H and O–H groups in total. The molecule has 9 heavy (non-hydrogen) atoms. The van der Waals surface area contributed by atoms with E-state index in [0.29, 0.717) is 0 Å². The molecule has 1 radical (unpaired) electrons. The van der Waals surface area contributed by atoms with Gasteiger partial charge < -0.3 is 4.57 Å². The second-order valence-corrected chi connectivity index (χ2v) is 2.08. The van der Waals surface area contributed by atoms with Crippen LogP contribution >= 0.6 is 0 Å². The van der Waals surface area contributed by atoms with Gasteiger partial charge in [-0.1, -0.05) is 6.92 Å². The molecule has 1 rings (SSSR count). The molecule has 0 bridgehead atoms. The van der Waals surface area contributed by atoms with E-state index < -0.39 is 0 Å². The predicted octanol–water partition coefficient (Wildman–Crippen LogP) is 1.48. The van der Waals surface area contributed by atoms with Crippen LogP contribution in [0.15, 0.2) is 12.5 Å². The van der Waals surface area contributed by atoms with E-state index in [-0.39, 0.29) is 0 Å². The third-order valence-corrected chi connectivity index (χ3v) is 1.26. The van der Waals surface area contributed by atoms with E-state index >= 15 is 0 Å². The summed E-state index contributed by atoms with van der Waals surface area (Å²) in [6, 6.07) is 0. The van der Waals surface area contributed by atoms with E-state index in [1.165, 1.54) is 0 Å². The third kappa shape index (κ3) is 1.31. The normalized spacial score (nSPS) is 10.0. The molecule has 0 spiro atoms. The molecule has 2 heteroatoms. The van der Waals surface area contributed by atoms with Crippen molar-refractivity contribution in [1.29, 1.82) is 0 Å². The number of imidazole rings is 1. The zero-order valence-corrected chi connectivity index (χ0v) is 5.67. The lowest BCUT2D eigenvalue weighted by Crippen LogP contribution is -1.95. The van der Waals surface area contributed by atoms with Crippen molar-refractivity contribution in [2.45, 2.75) is 19.9 Å². The SMILES string of the molecule is [CH2]c1cncn1CCC. The van der Waals surface area contributed by atoms with Crippen molar-refractivity contribution < 1.29 is 0 Å². The maximum atomic E-state index is 3.94. The molecule has 49 valence electrons. The van der Waals surface area contributed by atoms with Crippen molar-refractivity contribution in [3.8, 4) is 0 Å². The maximum Gasteiger partial charge on any atom is 0.0948 e. The van der Waals surface area contributed by atoms with E-state index in [4.69, 9.17) is 0 Å². The zero-order valence-electron chi connectivity index (χ0n) is 5.67. The first kappa shape index (κ1) is 6.33. The number of nitrogens with zero attached hydrogens (tertiary/aromatic N) is 2. The third-order valence-electron chi connectivity index (χ3n) is 1.26. The summed E-state index contributed by atoms with van der Waals surface area (Å²) in [4.78, 5) is 3.94. The average Bonchev–Trinajstić information content (AvgIpc) is 2.18. The lowest BCUT2D eigenvalue weighted by Gasteiger charge is -1.99. The summed E-state index contributed by atoms with van der Waals surface area (Å²) in [6.07, 6.45) is 4.72. The Morgan fingerprint density at radius 2 is 2.56 bits per heavy atom. The summed E-state index contributed by atoms with van der Waals surface area (Å²) in [5.74, 6) is 0. The molecule has 2 nitrogen and oxygen atoms in total. The molecule has 0 fully saturated rings. The van der Waals surface area contributed by atoms with Gasteiger partial charge in [0, 0.05) is 18.4 Å². The Balaban J connectivity index is 2.69. The molecule has 0 amide bonds. The van der Waals surface area contributed by atoms with Crippen LogP contribution in [0.3, 0.4) is 0 Å². The highest BCUT2D eigenvalue weighted by atomic mass is 15.0. The summed E-state index contributed by atoms with van der Waals surface area (Å²) < 4.78 is 2.04.